The van der Waals surface area contributed by atoms with Crippen LogP contribution in [0.4, 0.5) is 0 Å². The van der Waals surface area contributed by atoms with Gasteiger partial charge in [-0.05, 0) is 90.0 Å². The highest BCUT2D eigenvalue weighted by atomic mass is 15.3. The molecule has 0 aromatic heterocycles. The fourth-order valence-electron chi connectivity index (χ4n) is 4.69. The van der Waals surface area contributed by atoms with E-state index in [2.05, 4.69) is 110 Å². The second-order valence-electron chi connectivity index (χ2n) is 11.2. The third-order valence-electron chi connectivity index (χ3n) is 6.14. The van der Waals surface area contributed by atoms with Gasteiger partial charge in [-0.25, -0.2) is 0 Å². The zero-order valence-electron chi connectivity index (χ0n) is 22.4. The molecule has 0 bridgehead atoms. The first-order valence-corrected chi connectivity index (χ1v) is 12.2. The summed E-state index contributed by atoms with van der Waals surface area (Å²) < 4.78 is 0. The van der Waals surface area contributed by atoms with E-state index >= 15 is 0 Å². The van der Waals surface area contributed by atoms with Crippen molar-refractivity contribution in [2.75, 3.05) is 39.3 Å². The number of rotatable bonds is 14. The molecule has 0 fully saturated rings. The Hall–Kier alpha value is -0.160. The van der Waals surface area contributed by atoms with E-state index < -0.39 is 0 Å². The van der Waals surface area contributed by atoms with Gasteiger partial charge in [-0.3, -0.25) is 19.6 Å². The largest absolute Gasteiger partial charge is 0.300 e. The molecule has 0 aliphatic heterocycles. The summed E-state index contributed by atoms with van der Waals surface area (Å²) in [5, 5.41) is 0. The predicted molar refractivity (Wildman–Crippen MR) is 132 cm³/mol. The van der Waals surface area contributed by atoms with E-state index in [1.807, 2.05) is 0 Å². The molecule has 0 heterocycles. The highest BCUT2D eigenvalue weighted by Gasteiger charge is 2.25. The topological polar surface area (TPSA) is 13.0 Å². The van der Waals surface area contributed by atoms with E-state index in [0.717, 1.165) is 39.3 Å². The Kier molecular flexibility index (Phi) is 13.2. The molecule has 0 aromatic rings. The van der Waals surface area contributed by atoms with Crippen molar-refractivity contribution in [3.63, 3.8) is 0 Å². The summed E-state index contributed by atoms with van der Waals surface area (Å²) in [5.74, 6) is 0. The van der Waals surface area contributed by atoms with Crippen LogP contribution in [0, 0.1) is 0 Å². The van der Waals surface area contributed by atoms with Crippen LogP contribution in [0.25, 0.3) is 0 Å². The van der Waals surface area contributed by atoms with Crippen LogP contribution in [0.15, 0.2) is 0 Å². The summed E-state index contributed by atoms with van der Waals surface area (Å²) in [7, 11) is 0. The second-order valence-corrected chi connectivity index (χ2v) is 11.2. The lowest BCUT2D eigenvalue weighted by molar-refractivity contribution is 0.0696. The zero-order chi connectivity index (χ0) is 22.9. The maximum atomic E-state index is 2.70. The highest BCUT2D eigenvalue weighted by molar-refractivity contribution is 4.81. The third-order valence-corrected chi connectivity index (χ3v) is 6.14. The normalized spacial score (nSPS) is 13.9. The third kappa shape index (κ3) is 11.1. The summed E-state index contributed by atoms with van der Waals surface area (Å²) >= 11 is 0. The quantitative estimate of drug-likeness (QED) is 0.396. The molecule has 176 valence electrons. The minimum atomic E-state index is 0.212. The van der Waals surface area contributed by atoms with E-state index in [-0.39, 0.29) is 5.54 Å². The van der Waals surface area contributed by atoms with Crippen molar-refractivity contribution < 1.29 is 0 Å². The minimum Gasteiger partial charge on any atom is -0.300 e. The molecule has 0 atom stereocenters. The lowest BCUT2D eigenvalue weighted by atomic mass is 10.0. The van der Waals surface area contributed by atoms with Crippen LogP contribution < -0.4 is 0 Å². The lowest BCUT2D eigenvalue weighted by Crippen LogP contribution is -2.51. The van der Waals surface area contributed by atoms with Gasteiger partial charge in [0.25, 0.3) is 0 Å². The van der Waals surface area contributed by atoms with Crippen LogP contribution in [0.2, 0.25) is 0 Å². The predicted octanol–water partition coefficient (Wildman–Crippen LogP) is 5.03. The second kappa shape index (κ2) is 13.3. The molecule has 4 heteroatoms. The van der Waals surface area contributed by atoms with Crippen molar-refractivity contribution in [3.05, 3.63) is 0 Å². The maximum absolute atomic E-state index is 2.70. The number of hydrogen-bond acceptors (Lipinski definition) is 4. The van der Waals surface area contributed by atoms with Gasteiger partial charge < -0.3 is 0 Å². The Morgan fingerprint density at radius 1 is 0.448 bits per heavy atom. The molecule has 0 amide bonds. The van der Waals surface area contributed by atoms with Gasteiger partial charge in [-0.15, -0.1) is 0 Å². The first-order valence-electron chi connectivity index (χ1n) is 12.2. The standard InChI is InChI=1S/C25H56N4/c1-20(2)27(21(3)4)17-14-26(15-18-28(22(5)6)23(7)8)16-19-29(24(9)10)25(11,12)13/h20-24H,14-19H2,1-13H3. The van der Waals surface area contributed by atoms with Gasteiger partial charge in [0, 0.05) is 75.0 Å². The number of hydrogen-bond donors (Lipinski definition) is 0. The summed E-state index contributed by atoms with van der Waals surface area (Å²) in [6.45, 7) is 37.1. The average Bonchev–Trinajstić information content (AvgIpc) is 2.51. The fourth-order valence-corrected chi connectivity index (χ4v) is 4.69. The summed E-state index contributed by atoms with van der Waals surface area (Å²) in [6.07, 6.45) is 0. The molecule has 0 rings (SSSR count). The van der Waals surface area contributed by atoms with Crippen LogP contribution in [0.1, 0.15) is 90.0 Å². The number of nitrogens with zero attached hydrogens (tertiary/aromatic N) is 4. The molecule has 0 saturated carbocycles. The molecule has 4 nitrogen and oxygen atoms in total. The Bertz CT molecular complexity index is 370. The molecule has 0 spiro atoms. The van der Waals surface area contributed by atoms with Crippen molar-refractivity contribution in [3.8, 4) is 0 Å². The molecule has 0 aliphatic rings. The Labute approximate surface area is 185 Å². The summed E-state index contributed by atoms with van der Waals surface area (Å²) in [4.78, 5) is 10.6. The van der Waals surface area contributed by atoms with E-state index in [0.29, 0.717) is 30.2 Å². The van der Waals surface area contributed by atoms with Crippen molar-refractivity contribution in [2.45, 2.75) is 126 Å². The van der Waals surface area contributed by atoms with E-state index in [9.17, 15) is 0 Å². The highest BCUT2D eigenvalue weighted by Crippen LogP contribution is 2.17. The lowest BCUT2D eigenvalue weighted by Gasteiger charge is -2.41. The molecule has 0 aromatic carbocycles. The van der Waals surface area contributed by atoms with E-state index in [4.69, 9.17) is 0 Å². The molecule has 29 heavy (non-hydrogen) atoms. The van der Waals surface area contributed by atoms with Crippen molar-refractivity contribution in [2.24, 2.45) is 0 Å². The SMILES string of the molecule is CC(C)N(CCN(CCN(C(C)C)C(C)C)CCN(C(C)C)C(C)(C)C)C(C)C. The zero-order valence-corrected chi connectivity index (χ0v) is 22.4. The summed E-state index contributed by atoms with van der Waals surface area (Å²) in [5.41, 5.74) is 0.212. The van der Waals surface area contributed by atoms with Gasteiger partial charge in [0.05, 0.1) is 0 Å². The smallest absolute Gasteiger partial charge is 0.0128 e. The first-order chi connectivity index (χ1) is 13.2. The molecule has 0 saturated heterocycles. The first kappa shape index (κ1) is 28.8. The fraction of sp³-hybridized carbons (Fsp3) is 1.00. The van der Waals surface area contributed by atoms with Gasteiger partial charge in [0.2, 0.25) is 0 Å². The molecule has 0 radical (unpaired) electrons. The van der Waals surface area contributed by atoms with Gasteiger partial charge in [-0.2, -0.15) is 0 Å². The van der Waals surface area contributed by atoms with Crippen LogP contribution in [-0.4, -0.2) is 94.6 Å². The molecule has 0 aliphatic carbocycles. The average molecular weight is 413 g/mol. The molecule has 0 unspecified atom stereocenters. The minimum absolute atomic E-state index is 0.212. The van der Waals surface area contributed by atoms with Gasteiger partial charge >= 0.3 is 0 Å². The van der Waals surface area contributed by atoms with Crippen LogP contribution in [0.3, 0.4) is 0 Å². The maximum Gasteiger partial charge on any atom is 0.0128 e. The van der Waals surface area contributed by atoms with E-state index in [1.54, 1.807) is 0 Å². The molecular weight excluding hydrogens is 356 g/mol. The Morgan fingerprint density at radius 2 is 0.759 bits per heavy atom. The van der Waals surface area contributed by atoms with E-state index in [1.165, 1.54) is 0 Å². The monoisotopic (exact) mass is 412 g/mol. The van der Waals surface area contributed by atoms with Crippen LogP contribution >= 0.6 is 0 Å². The van der Waals surface area contributed by atoms with Crippen molar-refractivity contribution in [1.29, 1.82) is 0 Å². The summed E-state index contributed by atoms with van der Waals surface area (Å²) in [6, 6.07) is 2.97. The van der Waals surface area contributed by atoms with Crippen molar-refractivity contribution >= 4 is 0 Å². The Morgan fingerprint density at radius 3 is 1.00 bits per heavy atom. The Balaban J connectivity index is 5.16. The van der Waals surface area contributed by atoms with Crippen molar-refractivity contribution in [1.82, 2.24) is 19.6 Å². The van der Waals surface area contributed by atoms with Crippen LogP contribution in [0.5, 0.6) is 0 Å². The molecule has 0 N–H and O–H groups in total. The van der Waals surface area contributed by atoms with Gasteiger partial charge in [-0.1, -0.05) is 0 Å². The van der Waals surface area contributed by atoms with Crippen LogP contribution in [-0.2, 0) is 0 Å². The molecular formula is C25H56N4. The van der Waals surface area contributed by atoms with Gasteiger partial charge in [0.15, 0.2) is 0 Å². The van der Waals surface area contributed by atoms with Gasteiger partial charge in [0.1, 0.15) is 0 Å².